The molecule has 0 spiro atoms. The van der Waals surface area contributed by atoms with Gasteiger partial charge < -0.3 is 4.74 Å². The topological polar surface area (TPSA) is 9.23 Å². The van der Waals surface area contributed by atoms with Gasteiger partial charge in [-0.05, 0) is 30.4 Å². The summed E-state index contributed by atoms with van der Waals surface area (Å²) >= 11 is 0. The third-order valence-electron chi connectivity index (χ3n) is 2.36. The predicted molar refractivity (Wildman–Crippen MR) is 40.5 cm³/mol. The fourth-order valence-electron chi connectivity index (χ4n) is 1.44. The molecule has 2 rings (SSSR count). The molecule has 0 saturated heterocycles. The van der Waals surface area contributed by atoms with Crippen LogP contribution in [-0.2, 0) is 4.74 Å². The molecule has 0 amide bonds. The number of allylic oxidation sites excluding steroid dienone is 2. The summed E-state index contributed by atoms with van der Waals surface area (Å²) in [7, 11) is 0. The van der Waals surface area contributed by atoms with Crippen LogP contribution in [0, 0.1) is 5.92 Å². The smallest absolute Gasteiger partial charge is 0.109 e. The van der Waals surface area contributed by atoms with Gasteiger partial charge in [0.2, 0.25) is 0 Å². The molecule has 0 unspecified atom stereocenters. The first-order valence-corrected chi connectivity index (χ1v) is 3.94. The molecule has 0 radical (unpaired) electrons. The molecule has 1 nitrogen and oxygen atoms in total. The first-order chi connectivity index (χ1) is 4.97. The molecule has 0 bridgehead atoms. The van der Waals surface area contributed by atoms with Crippen molar-refractivity contribution in [2.45, 2.75) is 19.3 Å². The maximum atomic E-state index is 5.19. The summed E-state index contributed by atoms with van der Waals surface area (Å²) in [6, 6.07) is 0. The Bertz CT molecular complexity index is 175. The second-order valence-corrected chi connectivity index (χ2v) is 3.01. The van der Waals surface area contributed by atoms with Crippen LogP contribution in [0.15, 0.2) is 24.0 Å². The third kappa shape index (κ3) is 0.962. The number of hydrogen-bond acceptors (Lipinski definition) is 1. The Hall–Kier alpha value is -0.720. The fraction of sp³-hybridized carbons (Fsp3) is 0.556. The van der Waals surface area contributed by atoms with Crippen LogP contribution >= 0.6 is 0 Å². The van der Waals surface area contributed by atoms with E-state index in [-0.39, 0.29) is 0 Å². The highest BCUT2D eigenvalue weighted by Crippen LogP contribution is 2.33. The molecule has 0 N–H and O–H groups in total. The zero-order chi connectivity index (χ0) is 6.81. The Morgan fingerprint density at radius 2 is 2.30 bits per heavy atom. The van der Waals surface area contributed by atoms with E-state index in [0.29, 0.717) is 0 Å². The summed E-state index contributed by atoms with van der Waals surface area (Å²) < 4.78 is 5.19. The summed E-state index contributed by atoms with van der Waals surface area (Å²) in [6.07, 6.45) is 10.1. The van der Waals surface area contributed by atoms with Crippen molar-refractivity contribution in [3.05, 3.63) is 24.0 Å². The highest BCUT2D eigenvalue weighted by atomic mass is 16.5. The SMILES string of the molecule is C1=COCC(C2CCC2)=C1. The zero-order valence-electron chi connectivity index (χ0n) is 6.05. The van der Waals surface area contributed by atoms with Gasteiger partial charge in [0.1, 0.15) is 6.61 Å². The summed E-state index contributed by atoms with van der Waals surface area (Å²) in [5.41, 5.74) is 1.49. The van der Waals surface area contributed by atoms with Gasteiger partial charge in [0, 0.05) is 0 Å². The van der Waals surface area contributed by atoms with E-state index in [2.05, 4.69) is 6.08 Å². The van der Waals surface area contributed by atoms with Gasteiger partial charge in [-0.2, -0.15) is 0 Å². The van der Waals surface area contributed by atoms with E-state index in [4.69, 9.17) is 4.74 Å². The number of ether oxygens (including phenoxy) is 1. The first-order valence-electron chi connectivity index (χ1n) is 3.94. The lowest BCUT2D eigenvalue weighted by Gasteiger charge is -2.28. The molecule has 1 heteroatoms. The van der Waals surface area contributed by atoms with E-state index in [9.17, 15) is 0 Å². The van der Waals surface area contributed by atoms with E-state index in [1.807, 2.05) is 6.08 Å². The van der Waals surface area contributed by atoms with Crippen molar-refractivity contribution in [2.75, 3.05) is 6.61 Å². The lowest BCUT2D eigenvalue weighted by atomic mass is 9.79. The van der Waals surface area contributed by atoms with Gasteiger partial charge in [-0.1, -0.05) is 12.5 Å². The second kappa shape index (κ2) is 2.49. The van der Waals surface area contributed by atoms with Crippen molar-refractivity contribution in [1.82, 2.24) is 0 Å². The lowest BCUT2D eigenvalue weighted by Crippen LogP contribution is -2.17. The molecule has 2 aliphatic rings. The van der Waals surface area contributed by atoms with Crippen LogP contribution in [0.25, 0.3) is 0 Å². The van der Waals surface area contributed by atoms with Crippen LogP contribution in [-0.4, -0.2) is 6.61 Å². The molecule has 0 atom stereocenters. The zero-order valence-corrected chi connectivity index (χ0v) is 6.05. The monoisotopic (exact) mass is 136 g/mol. The molecule has 10 heavy (non-hydrogen) atoms. The molecule has 1 saturated carbocycles. The Morgan fingerprint density at radius 3 is 2.80 bits per heavy atom. The van der Waals surface area contributed by atoms with Gasteiger partial charge in [0.05, 0.1) is 6.26 Å². The van der Waals surface area contributed by atoms with Crippen LogP contribution in [0.3, 0.4) is 0 Å². The molecule has 1 heterocycles. The van der Waals surface area contributed by atoms with E-state index in [1.54, 1.807) is 6.26 Å². The van der Waals surface area contributed by atoms with Gasteiger partial charge in [-0.3, -0.25) is 0 Å². The average Bonchev–Trinajstić information content (AvgIpc) is 1.86. The van der Waals surface area contributed by atoms with Crippen LogP contribution < -0.4 is 0 Å². The molecule has 0 aromatic rings. The van der Waals surface area contributed by atoms with Gasteiger partial charge in [0.25, 0.3) is 0 Å². The largest absolute Gasteiger partial charge is 0.497 e. The van der Waals surface area contributed by atoms with E-state index < -0.39 is 0 Å². The van der Waals surface area contributed by atoms with Gasteiger partial charge in [-0.25, -0.2) is 0 Å². The lowest BCUT2D eigenvalue weighted by molar-refractivity contribution is 0.240. The van der Waals surface area contributed by atoms with Crippen molar-refractivity contribution in [3.63, 3.8) is 0 Å². The average molecular weight is 136 g/mol. The van der Waals surface area contributed by atoms with E-state index in [1.165, 1.54) is 24.8 Å². The Kier molecular flexibility index (Phi) is 1.50. The molecular weight excluding hydrogens is 124 g/mol. The molecule has 54 valence electrons. The van der Waals surface area contributed by atoms with Crippen LogP contribution in [0.2, 0.25) is 0 Å². The molecule has 1 aliphatic carbocycles. The third-order valence-corrected chi connectivity index (χ3v) is 2.36. The first kappa shape index (κ1) is 6.02. The highest BCUT2D eigenvalue weighted by molar-refractivity contribution is 5.19. The molecule has 0 aromatic carbocycles. The highest BCUT2D eigenvalue weighted by Gasteiger charge is 2.21. The predicted octanol–water partition coefficient (Wildman–Crippen LogP) is 2.26. The van der Waals surface area contributed by atoms with E-state index >= 15 is 0 Å². The summed E-state index contributed by atoms with van der Waals surface area (Å²) in [4.78, 5) is 0. The van der Waals surface area contributed by atoms with E-state index in [0.717, 1.165) is 12.5 Å². The second-order valence-electron chi connectivity index (χ2n) is 3.01. The van der Waals surface area contributed by atoms with Crippen molar-refractivity contribution in [2.24, 2.45) is 5.92 Å². The minimum Gasteiger partial charge on any atom is -0.497 e. The quantitative estimate of drug-likeness (QED) is 0.537. The van der Waals surface area contributed by atoms with Crippen molar-refractivity contribution in [1.29, 1.82) is 0 Å². The van der Waals surface area contributed by atoms with Crippen LogP contribution in [0.1, 0.15) is 19.3 Å². The van der Waals surface area contributed by atoms with Crippen LogP contribution in [0.4, 0.5) is 0 Å². The molecule has 1 aliphatic heterocycles. The Balaban J connectivity index is 2.01. The van der Waals surface area contributed by atoms with Crippen LogP contribution in [0.5, 0.6) is 0 Å². The molecule has 0 aromatic heterocycles. The molecular formula is C9H12O. The number of rotatable bonds is 1. The van der Waals surface area contributed by atoms with Gasteiger partial charge in [0.15, 0.2) is 0 Å². The van der Waals surface area contributed by atoms with Crippen molar-refractivity contribution < 1.29 is 4.74 Å². The summed E-state index contributed by atoms with van der Waals surface area (Å²) in [5.74, 6) is 0.852. The number of hydrogen-bond donors (Lipinski definition) is 0. The fourth-order valence-corrected chi connectivity index (χ4v) is 1.44. The maximum absolute atomic E-state index is 5.19. The Morgan fingerprint density at radius 1 is 1.40 bits per heavy atom. The maximum Gasteiger partial charge on any atom is 0.109 e. The minimum atomic E-state index is 0.834. The standard InChI is InChI=1S/C9H12O/c1-3-8(4-1)9-5-2-6-10-7-9/h2,5-6,8H,1,3-4,7H2. The van der Waals surface area contributed by atoms with Crippen molar-refractivity contribution in [3.8, 4) is 0 Å². The minimum absolute atomic E-state index is 0.834. The normalized spacial score (nSPS) is 25.0. The van der Waals surface area contributed by atoms with Gasteiger partial charge >= 0.3 is 0 Å². The Labute approximate surface area is 61.4 Å². The summed E-state index contributed by atoms with van der Waals surface area (Å²) in [6.45, 7) is 0.834. The van der Waals surface area contributed by atoms with Crippen molar-refractivity contribution >= 4 is 0 Å². The van der Waals surface area contributed by atoms with Gasteiger partial charge in [-0.15, -0.1) is 0 Å². The molecule has 1 fully saturated rings. The summed E-state index contributed by atoms with van der Waals surface area (Å²) in [5, 5.41) is 0.